The first-order valence-corrected chi connectivity index (χ1v) is 6.95. The molecule has 4 nitrogen and oxygen atoms in total. The number of rotatable bonds is 9. The molecule has 0 amide bonds. The maximum Gasteiger partial charge on any atom is 0.408 e. The summed E-state index contributed by atoms with van der Waals surface area (Å²) in [6.07, 6.45) is -0.285. The quantitative estimate of drug-likeness (QED) is 0.683. The number of aromatic nitrogens is 2. The van der Waals surface area contributed by atoms with E-state index in [1.54, 1.807) is 0 Å². The molecule has 0 aliphatic carbocycles. The van der Waals surface area contributed by atoms with E-state index in [9.17, 15) is 13.2 Å². The monoisotopic (exact) mass is 364 g/mol. The molecule has 0 aliphatic rings. The normalized spacial score (nSPS) is 11.2. The predicted octanol–water partition coefficient (Wildman–Crippen LogP) is 3.11. The van der Waals surface area contributed by atoms with E-state index >= 15 is 0 Å². The highest BCUT2D eigenvalue weighted by Crippen LogP contribution is 2.16. The summed E-state index contributed by atoms with van der Waals surface area (Å²) in [5.41, 5.74) is 0.775. The first-order chi connectivity index (χ1) is 9.44. The summed E-state index contributed by atoms with van der Waals surface area (Å²) in [4.78, 5) is 2.34. The zero-order valence-corrected chi connectivity index (χ0v) is 14.5. The topological polar surface area (TPSA) is 33.1 Å². The van der Waals surface area contributed by atoms with Crippen LogP contribution in [-0.4, -0.2) is 47.0 Å². The fraction of sp³-hybridized carbons (Fsp3) is 0.769. The van der Waals surface area contributed by atoms with Crippen molar-refractivity contribution in [2.45, 2.75) is 39.5 Å². The maximum atomic E-state index is 12.2. The van der Waals surface area contributed by atoms with E-state index in [1.807, 2.05) is 0 Å². The van der Waals surface area contributed by atoms with Gasteiger partial charge < -0.3 is 10.2 Å². The van der Waals surface area contributed by atoms with E-state index in [2.05, 4.69) is 29.2 Å². The first-order valence-electron chi connectivity index (χ1n) is 6.95. The van der Waals surface area contributed by atoms with Crippen molar-refractivity contribution >= 4 is 24.8 Å². The van der Waals surface area contributed by atoms with Crippen molar-refractivity contribution in [3.63, 3.8) is 0 Å². The lowest BCUT2D eigenvalue weighted by Crippen LogP contribution is -2.27. The molecule has 0 radical (unpaired) electrons. The maximum absolute atomic E-state index is 12.2. The Morgan fingerprint density at radius 1 is 1.23 bits per heavy atom. The fourth-order valence-electron chi connectivity index (χ4n) is 1.97. The number of halogens is 5. The van der Waals surface area contributed by atoms with Crippen LogP contribution < -0.4 is 5.32 Å². The van der Waals surface area contributed by atoms with Crippen molar-refractivity contribution in [2.24, 2.45) is 0 Å². The molecule has 0 saturated carbocycles. The minimum absolute atomic E-state index is 0. The SMILES string of the molecule is CCN(CC)CCCNCc1cnn(CC(F)(F)F)c1.Cl.Cl. The molecular weight excluding hydrogens is 340 g/mol. The highest BCUT2D eigenvalue weighted by molar-refractivity contribution is 5.85. The van der Waals surface area contributed by atoms with E-state index in [0.29, 0.717) is 6.54 Å². The van der Waals surface area contributed by atoms with Crippen LogP contribution in [0.25, 0.3) is 0 Å². The van der Waals surface area contributed by atoms with Crippen LogP contribution in [0.4, 0.5) is 13.2 Å². The molecule has 0 fully saturated rings. The van der Waals surface area contributed by atoms with Crippen molar-refractivity contribution in [2.75, 3.05) is 26.2 Å². The zero-order chi connectivity index (χ0) is 15.0. The van der Waals surface area contributed by atoms with Crippen LogP contribution in [0, 0.1) is 0 Å². The first kappa shape index (κ1) is 23.8. The Hall–Kier alpha value is -0.500. The third-order valence-corrected chi connectivity index (χ3v) is 3.08. The van der Waals surface area contributed by atoms with Gasteiger partial charge in [0.25, 0.3) is 0 Å². The molecule has 0 aliphatic heterocycles. The van der Waals surface area contributed by atoms with Crippen LogP contribution in [0.15, 0.2) is 12.4 Å². The molecular formula is C13H25Cl2F3N4. The number of alkyl halides is 3. The van der Waals surface area contributed by atoms with Crippen molar-refractivity contribution in [1.29, 1.82) is 0 Å². The Morgan fingerprint density at radius 2 is 1.86 bits per heavy atom. The third-order valence-electron chi connectivity index (χ3n) is 3.08. The van der Waals surface area contributed by atoms with Gasteiger partial charge in [-0.15, -0.1) is 24.8 Å². The Morgan fingerprint density at radius 3 is 2.41 bits per heavy atom. The van der Waals surface area contributed by atoms with Gasteiger partial charge in [-0.1, -0.05) is 13.8 Å². The van der Waals surface area contributed by atoms with Crippen LogP contribution in [0.3, 0.4) is 0 Å². The summed E-state index contributed by atoms with van der Waals surface area (Å²) in [5, 5.41) is 6.92. The Labute approximate surface area is 142 Å². The fourth-order valence-corrected chi connectivity index (χ4v) is 1.97. The summed E-state index contributed by atoms with van der Waals surface area (Å²) >= 11 is 0. The molecule has 9 heteroatoms. The molecule has 0 aromatic carbocycles. The van der Waals surface area contributed by atoms with Gasteiger partial charge in [0.05, 0.1) is 6.20 Å². The van der Waals surface area contributed by atoms with E-state index in [0.717, 1.165) is 42.8 Å². The number of nitrogens with zero attached hydrogens (tertiary/aromatic N) is 3. The number of hydrogen-bond acceptors (Lipinski definition) is 3. The Bertz CT molecular complexity index is 382. The minimum Gasteiger partial charge on any atom is -0.313 e. The molecule has 1 aromatic heterocycles. The molecule has 0 unspecified atom stereocenters. The van der Waals surface area contributed by atoms with E-state index in [1.165, 1.54) is 12.4 Å². The smallest absolute Gasteiger partial charge is 0.313 e. The molecule has 1 heterocycles. The lowest BCUT2D eigenvalue weighted by molar-refractivity contribution is -0.142. The van der Waals surface area contributed by atoms with E-state index < -0.39 is 12.7 Å². The molecule has 0 bridgehead atoms. The summed E-state index contributed by atoms with van der Waals surface area (Å²) in [6, 6.07) is 0. The van der Waals surface area contributed by atoms with Crippen LogP contribution in [0.2, 0.25) is 0 Å². The van der Waals surface area contributed by atoms with Gasteiger partial charge in [-0.2, -0.15) is 18.3 Å². The van der Waals surface area contributed by atoms with Gasteiger partial charge >= 0.3 is 6.18 Å². The van der Waals surface area contributed by atoms with Gasteiger partial charge in [-0.25, -0.2) is 0 Å². The molecule has 1 rings (SSSR count). The molecule has 132 valence electrons. The molecule has 22 heavy (non-hydrogen) atoms. The molecule has 0 saturated heterocycles. The van der Waals surface area contributed by atoms with E-state index in [4.69, 9.17) is 0 Å². The van der Waals surface area contributed by atoms with Gasteiger partial charge in [-0.05, 0) is 32.6 Å². The second-order valence-electron chi connectivity index (χ2n) is 4.72. The Kier molecular flexibility index (Phi) is 12.9. The average Bonchev–Trinajstić information content (AvgIpc) is 2.79. The summed E-state index contributed by atoms with van der Waals surface area (Å²) in [6.45, 7) is 7.75. The van der Waals surface area contributed by atoms with Crippen molar-refractivity contribution in [3.8, 4) is 0 Å². The standard InChI is InChI=1S/C13H23F3N4.2ClH/c1-3-19(4-2)7-5-6-17-8-12-9-18-20(10-12)11-13(14,15)16;;/h9-10,17H,3-8,11H2,1-2H3;2*1H. The molecule has 1 aromatic rings. The van der Waals surface area contributed by atoms with Crippen LogP contribution >= 0.6 is 24.8 Å². The van der Waals surface area contributed by atoms with Gasteiger partial charge in [0, 0.05) is 18.3 Å². The predicted molar refractivity (Wildman–Crippen MR) is 86.9 cm³/mol. The van der Waals surface area contributed by atoms with Gasteiger partial charge in [0.15, 0.2) is 0 Å². The second kappa shape index (κ2) is 12.0. The van der Waals surface area contributed by atoms with Gasteiger partial charge in [-0.3, -0.25) is 4.68 Å². The van der Waals surface area contributed by atoms with Crippen molar-refractivity contribution in [1.82, 2.24) is 20.0 Å². The largest absolute Gasteiger partial charge is 0.408 e. The average molecular weight is 365 g/mol. The summed E-state index contributed by atoms with van der Waals surface area (Å²) in [5.74, 6) is 0. The minimum atomic E-state index is -4.22. The van der Waals surface area contributed by atoms with Crippen LogP contribution in [-0.2, 0) is 13.1 Å². The second-order valence-corrected chi connectivity index (χ2v) is 4.72. The lowest BCUT2D eigenvalue weighted by atomic mass is 10.3. The van der Waals surface area contributed by atoms with Crippen molar-refractivity contribution in [3.05, 3.63) is 18.0 Å². The lowest BCUT2D eigenvalue weighted by Gasteiger charge is -2.17. The van der Waals surface area contributed by atoms with Crippen LogP contribution in [0.1, 0.15) is 25.8 Å². The number of hydrogen-bond donors (Lipinski definition) is 1. The number of nitrogens with one attached hydrogen (secondary N) is 1. The van der Waals surface area contributed by atoms with Gasteiger partial charge in [0.2, 0.25) is 0 Å². The Balaban J connectivity index is 0. The van der Waals surface area contributed by atoms with E-state index in [-0.39, 0.29) is 24.8 Å². The highest BCUT2D eigenvalue weighted by atomic mass is 35.5. The third kappa shape index (κ3) is 10.3. The van der Waals surface area contributed by atoms with Crippen molar-refractivity contribution < 1.29 is 13.2 Å². The van der Waals surface area contributed by atoms with Crippen LogP contribution in [0.5, 0.6) is 0 Å². The molecule has 1 N–H and O–H groups in total. The highest BCUT2D eigenvalue weighted by Gasteiger charge is 2.28. The van der Waals surface area contributed by atoms with Gasteiger partial charge in [0.1, 0.15) is 6.54 Å². The molecule has 0 spiro atoms. The zero-order valence-electron chi connectivity index (χ0n) is 12.9. The summed E-state index contributed by atoms with van der Waals surface area (Å²) in [7, 11) is 0. The summed E-state index contributed by atoms with van der Waals surface area (Å²) < 4.78 is 37.4. The molecule has 0 atom stereocenters.